The van der Waals surface area contributed by atoms with Crippen LogP contribution in [0.1, 0.15) is 24.2 Å². The highest BCUT2D eigenvalue weighted by Gasteiger charge is 2.22. The summed E-state index contributed by atoms with van der Waals surface area (Å²) in [7, 11) is 1.25. The Hall–Kier alpha value is -2.24. The van der Waals surface area contributed by atoms with Gasteiger partial charge in [-0.05, 0) is 32.0 Å². The first-order chi connectivity index (χ1) is 8.86. The topological polar surface area (TPSA) is 87.1 Å². The molecular weight excluding hydrogens is 250 g/mol. The van der Waals surface area contributed by atoms with Gasteiger partial charge in [-0.25, -0.2) is 0 Å². The molecule has 0 saturated heterocycles. The molecule has 0 aromatic heterocycles. The molecule has 1 aromatic rings. The van der Waals surface area contributed by atoms with Crippen LogP contribution in [0.4, 0.5) is 0 Å². The van der Waals surface area contributed by atoms with Crippen LogP contribution >= 0.6 is 0 Å². The molecule has 0 heterocycles. The van der Waals surface area contributed by atoms with Gasteiger partial charge in [0.05, 0.1) is 7.11 Å². The summed E-state index contributed by atoms with van der Waals surface area (Å²) in [6.45, 7) is 3.36. The van der Waals surface area contributed by atoms with E-state index in [1.807, 2.05) is 0 Å². The van der Waals surface area contributed by atoms with Crippen LogP contribution in [0, 0.1) is 0 Å². The fraction of sp³-hybridized carbons (Fsp3) is 0.385. The molecule has 0 aliphatic rings. The molecule has 6 heteroatoms. The molecule has 6 nitrogen and oxygen atoms in total. The predicted molar refractivity (Wildman–Crippen MR) is 68.0 cm³/mol. The number of methoxy groups -OCH3 is 1. The number of carbonyl (C=O) groups excluding carboxylic acids is 2. The van der Waals surface area contributed by atoms with Crippen LogP contribution in [-0.2, 0) is 9.53 Å². The highest BCUT2D eigenvalue weighted by atomic mass is 16.5. The second-order valence-electron chi connectivity index (χ2n) is 4.31. The molecule has 0 saturated carbocycles. The number of hydrogen-bond donors (Lipinski definition) is 2. The van der Waals surface area contributed by atoms with Gasteiger partial charge in [0.2, 0.25) is 0 Å². The number of benzene rings is 1. The maximum absolute atomic E-state index is 12.2. The summed E-state index contributed by atoms with van der Waals surface area (Å²) < 4.78 is 4.54. The normalized spacial score (nSPS) is 10.3. The fourth-order valence-corrected chi connectivity index (χ4v) is 1.51. The van der Waals surface area contributed by atoms with E-state index in [0.29, 0.717) is 0 Å². The number of aromatic hydroxyl groups is 2. The molecule has 0 spiro atoms. The first-order valence-electron chi connectivity index (χ1n) is 5.76. The van der Waals surface area contributed by atoms with E-state index < -0.39 is 11.9 Å². The van der Waals surface area contributed by atoms with Crippen molar-refractivity contribution in [3.8, 4) is 11.5 Å². The Kier molecular flexibility index (Phi) is 4.74. The number of ether oxygens (including phenoxy) is 1. The van der Waals surface area contributed by atoms with Crippen molar-refractivity contribution in [1.82, 2.24) is 4.90 Å². The van der Waals surface area contributed by atoms with Crippen molar-refractivity contribution >= 4 is 11.9 Å². The molecule has 0 unspecified atom stereocenters. The lowest BCUT2D eigenvalue weighted by Gasteiger charge is -2.25. The highest BCUT2D eigenvalue weighted by molar-refractivity contribution is 5.96. The lowest BCUT2D eigenvalue weighted by Crippen LogP contribution is -2.41. The summed E-state index contributed by atoms with van der Waals surface area (Å²) in [5.74, 6) is -1.63. The number of esters is 1. The van der Waals surface area contributed by atoms with Gasteiger partial charge in [-0.2, -0.15) is 0 Å². The molecule has 1 aromatic carbocycles. The standard InChI is InChI=1S/C13H17NO5/c1-8(2)14(7-12(17)19-3)13(18)9-4-5-10(15)11(16)6-9/h4-6,8,15-16H,7H2,1-3H3. The third-order valence-corrected chi connectivity index (χ3v) is 2.63. The summed E-state index contributed by atoms with van der Waals surface area (Å²) in [6, 6.07) is 3.55. The smallest absolute Gasteiger partial charge is 0.325 e. The van der Waals surface area contributed by atoms with E-state index in [9.17, 15) is 19.8 Å². The summed E-state index contributed by atoms with van der Waals surface area (Å²) in [5, 5.41) is 18.6. The Morgan fingerprint density at radius 3 is 2.37 bits per heavy atom. The van der Waals surface area contributed by atoms with Gasteiger partial charge in [-0.3, -0.25) is 9.59 Å². The van der Waals surface area contributed by atoms with Crippen molar-refractivity contribution in [3.05, 3.63) is 23.8 Å². The molecule has 0 bridgehead atoms. The van der Waals surface area contributed by atoms with E-state index >= 15 is 0 Å². The van der Waals surface area contributed by atoms with Gasteiger partial charge in [-0.1, -0.05) is 0 Å². The van der Waals surface area contributed by atoms with Gasteiger partial charge in [0.15, 0.2) is 11.5 Å². The highest BCUT2D eigenvalue weighted by Crippen LogP contribution is 2.25. The SMILES string of the molecule is COC(=O)CN(C(=O)c1ccc(O)c(O)c1)C(C)C. The summed E-state index contributed by atoms with van der Waals surface area (Å²) in [5.41, 5.74) is 0.188. The Balaban J connectivity index is 2.99. The predicted octanol–water partition coefficient (Wildman–Crippen LogP) is 1.12. The quantitative estimate of drug-likeness (QED) is 0.630. The summed E-state index contributed by atoms with van der Waals surface area (Å²) in [4.78, 5) is 24.8. The molecule has 0 atom stereocenters. The molecule has 0 aliphatic heterocycles. The Morgan fingerprint density at radius 2 is 1.89 bits per heavy atom. The zero-order valence-corrected chi connectivity index (χ0v) is 11.1. The molecule has 1 amide bonds. The van der Waals surface area contributed by atoms with Crippen molar-refractivity contribution in [3.63, 3.8) is 0 Å². The first kappa shape index (κ1) is 14.8. The molecule has 2 N–H and O–H groups in total. The van der Waals surface area contributed by atoms with E-state index in [1.165, 1.54) is 24.1 Å². The fourth-order valence-electron chi connectivity index (χ4n) is 1.51. The van der Waals surface area contributed by atoms with Crippen LogP contribution in [-0.4, -0.2) is 46.7 Å². The van der Waals surface area contributed by atoms with E-state index in [4.69, 9.17) is 0 Å². The molecule has 0 aliphatic carbocycles. The number of rotatable bonds is 4. The average Bonchev–Trinajstić information content (AvgIpc) is 2.37. The van der Waals surface area contributed by atoms with E-state index in [2.05, 4.69) is 4.74 Å². The lowest BCUT2D eigenvalue weighted by atomic mass is 10.1. The number of carbonyl (C=O) groups is 2. The maximum atomic E-state index is 12.2. The van der Waals surface area contributed by atoms with Gasteiger partial charge in [0.25, 0.3) is 5.91 Å². The van der Waals surface area contributed by atoms with E-state index in [-0.39, 0.29) is 29.6 Å². The molecular formula is C13H17NO5. The number of phenolic OH excluding ortho intramolecular Hbond substituents is 2. The van der Waals surface area contributed by atoms with Crippen LogP contribution in [0.2, 0.25) is 0 Å². The van der Waals surface area contributed by atoms with Gasteiger partial charge in [0.1, 0.15) is 6.54 Å². The molecule has 0 radical (unpaired) electrons. The maximum Gasteiger partial charge on any atom is 0.325 e. The Labute approximate surface area is 111 Å². The second kappa shape index (κ2) is 6.08. The third-order valence-electron chi connectivity index (χ3n) is 2.63. The molecule has 104 valence electrons. The number of nitrogens with zero attached hydrogens (tertiary/aromatic N) is 1. The monoisotopic (exact) mass is 267 g/mol. The number of amides is 1. The van der Waals surface area contributed by atoms with Gasteiger partial charge in [-0.15, -0.1) is 0 Å². The van der Waals surface area contributed by atoms with Crippen molar-refractivity contribution in [2.45, 2.75) is 19.9 Å². The lowest BCUT2D eigenvalue weighted by molar-refractivity contribution is -0.141. The van der Waals surface area contributed by atoms with Gasteiger partial charge >= 0.3 is 5.97 Å². The van der Waals surface area contributed by atoms with E-state index in [0.717, 1.165) is 6.07 Å². The van der Waals surface area contributed by atoms with Crippen molar-refractivity contribution in [2.75, 3.05) is 13.7 Å². The van der Waals surface area contributed by atoms with Gasteiger partial charge < -0.3 is 19.8 Å². The van der Waals surface area contributed by atoms with Gasteiger partial charge in [0, 0.05) is 11.6 Å². The zero-order chi connectivity index (χ0) is 14.6. The zero-order valence-electron chi connectivity index (χ0n) is 11.1. The first-order valence-corrected chi connectivity index (χ1v) is 5.76. The van der Waals surface area contributed by atoms with Crippen molar-refractivity contribution < 1.29 is 24.5 Å². The summed E-state index contributed by atoms with van der Waals surface area (Å²) >= 11 is 0. The molecule has 1 rings (SSSR count). The second-order valence-corrected chi connectivity index (χ2v) is 4.31. The molecule has 0 fully saturated rings. The van der Waals surface area contributed by atoms with Crippen LogP contribution in [0.25, 0.3) is 0 Å². The minimum atomic E-state index is -0.523. The van der Waals surface area contributed by atoms with E-state index in [1.54, 1.807) is 13.8 Å². The average molecular weight is 267 g/mol. The Bertz CT molecular complexity index is 484. The third kappa shape index (κ3) is 3.61. The minimum absolute atomic E-state index is 0.172. The summed E-state index contributed by atoms with van der Waals surface area (Å²) in [6.07, 6.45) is 0. The Morgan fingerprint density at radius 1 is 1.26 bits per heavy atom. The van der Waals surface area contributed by atoms with Crippen LogP contribution < -0.4 is 0 Å². The van der Waals surface area contributed by atoms with Crippen LogP contribution in [0.3, 0.4) is 0 Å². The minimum Gasteiger partial charge on any atom is -0.504 e. The van der Waals surface area contributed by atoms with Crippen molar-refractivity contribution in [1.29, 1.82) is 0 Å². The van der Waals surface area contributed by atoms with Crippen LogP contribution in [0.15, 0.2) is 18.2 Å². The number of hydrogen-bond acceptors (Lipinski definition) is 5. The largest absolute Gasteiger partial charge is 0.504 e. The number of phenols is 2. The van der Waals surface area contributed by atoms with Crippen LogP contribution in [0.5, 0.6) is 11.5 Å². The molecule has 19 heavy (non-hydrogen) atoms. The van der Waals surface area contributed by atoms with Crippen molar-refractivity contribution in [2.24, 2.45) is 0 Å².